The van der Waals surface area contributed by atoms with Crippen molar-refractivity contribution >= 4 is 11.4 Å². The summed E-state index contributed by atoms with van der Waals surface area (Å²) in [6.07, 6.45) is 0.871. The van der Waals surface area contributed by atoms with Gasteiger partial charge in [0.2, 0.25) is 0 Å². The second-order valence-electron chi connectivity index (χ2n) is 7.88. The van der Waals surface area contributed by atoms with Crippen molar-refractivity contribution in [1.82, 2.24) is 0 Å². The Morgan fingerprint density at radius 3 is 1.52 bits per heavy atom. The van der Waals surface area contributed by atoms with Gasteiger partial charge < -0.3 is 20.9 Å². The van der Waals surface area contributed by atoms with E-state index in [0.29, 0.717) is 13.2 Å². The number of anilines is 2. The van der Waals surface area contributed by atoms with E-state index in [1.807, 2.05) is 60.7 Å². The molecular weight excluding hydrogens is 384 g/mol. The van der Waals surface area contributed by atoms with Gasteiger partial charge in [0.25, 0.3) is 0 Å². The van der Waals surface area contributed by atoms with Gasteiger partial charge in [0.15, 0.2) is 0 Å². The van der Waals surface area contributed by atoms with E-state index in [2.05, 4.69) is 24.3 Å². The van der Waals surface area contributed by atoms with E-state index in [-0.39, 0.29) is 0 Å². The van der Waals surface area contributed by atoms with Crippen molar-refractivity contribution in [2.45, 2.75) is 19.6 Å². The topological polar surface area (TPSA) is 70.5 Å². The quantitative estimate of drug-likeness (QED) is 0.360. The largest absolute Gasteiger partial charge is 0.489 e. The summed E-state index contributed by atoms with van der Waals surface area (Å²) < 4.78 is 12.0. The van der Waals surface area contributed by atoms with Crippen LogP contribution in [0.4, 0.5) is 11.4 Å². The molecule has 1 aliphatic carbocycles. The smallest absolute Gasteiger partial charge is 0.120 e. The first-order valence-corrected chi connectivity index (χ1v) is 10.3. The van der Waals surface area contributed by atoms with E-state index in [4.69, 9.17) is 20.9 Å². The lowest BCUT2D eigenvalue weighted by Crippen LogP contribution is -1.97. The van der Waals surface area contributed by atoms with Gasteiger partial charge in [-0.3, -0.25) is 0 Å². The van der Waals surface area contributed by atoms with E-state index in [9.17, 15) is 0 Å². The lowest BCUT2D eigenvalue weighted by molar-refractivity contribution is 0.306. The molecule has 0 saturated carbocycles. The number of nitrogens with two attached hydrogens (primary N) is 2. The van der Waals surface area contributed by atoms with Gasteiger partial charge in [-0.15, -0.1) is 0 Å². The Morgan fingerprint density at radius 1 is 0.581 bits per heavy atom. The second kappa shape index (κ2) is 8.07. The maximum absolute atomic E-state index is 6.00. The minimum atomic E-state index is 0.499. The van der Waals surface area contributed by atoms with Gasteiger partial charge in [-0.25, -0.2) is 0 Å². The molecule has 0 bridgehead atoms. The van der Waals surface area contributed by atoms with Crippen molar-refractivity contribution < 1.29 is 9.47 Å². The molecule has 0 spiro atoms. The molecule has 0 fully saturated rings. The van der Waals surface area contributed by atoms with Crippen molar-refractivity contribution in [3.05, 3.63) is 107 Å². The summed E-state index contributed by atoms with van der Waals surface area (Å²) in [4.78, 5) is 0. The number of hydrogen-bond donors (Lipinski definition) is 2. The Kier molecular flexibility index (Phi) is 4.97. The van der Waals surface area contributed by atoms with Crippen LogP contribution in [-0.4, -0.2) is 0 Å². The molecular formula is C27H24N2O2. The Bertz CT molecular complexity index is 1150. The van der Waals surface area contributed by atoms with Crippen LogP contribution in [0.5, 0.6) is 11.5 Å². The van der Waals surface area contributed by atoms with Crippen LogP contribution >= 0.6 is 0 Å². The number of nitrogen functional groups attached to an aromatic ring is 2. The van der Waals surface area contributed by atoms with Crippen LogP contribution in [0.2, 0.25) is 0 Å². The minimum Gasteiger partial charge on any atom is -0.489 e. The van der Waals surface area contributed by atoms with Gasteiger partial charge in [0, 0.05) is 11.4 Å². The molecule has 5 rings (SSSR count). The highest BCUT2D eigenvalue weighted by atomic mass is 16.5. The Hall–Kier alpha value is -3.92. The molecule has 0 amide bonds. The first-order valence-electron chi connectivity index (χ1n) is 10.3. The normalized spacial score (nSPS) is 11.6. The fourth-order valence-electron chi connectivity index (χ4n) is 4.04. The molecule has 0 aromatic heterocycles. The number of hydrogen-bond acceptors (Lipinski definition) is 4. The molecule has 154 valence electrons. The van der Waals surface area contributed by atoms with E-state index >= 15 is 0 Å². The van der Waals surface area contributed by atoms with Gasteiger partial charge >= 0.3 is 0 Å². The van der Waals surface area contributed by atoms with Gasteiger partial charge in [-0.2, -0.15) is 0 Å². The highest BCUT2D eigenvalue weighted by Gasteiger charge is 2.19. The predicted octanol–water partition coefficient (Wildman–Crippen LogP) is 5.58. The van der Waals surface area contributed by atoms with Crippen LogP contribution in [0, 0.1) is 0 Å². The Morgan fingerprint density at radius 2 is 1.06 bits per heavy atom. The van der Waals surface area contributed by atoms with Crippen molar-refractivity contribution in [1.29, 1.82) is 0 Å². The highest BCUT2D eigenvalue weighted by Crippen LogP contribution is 2.40. The molecule has 31 heavy (non-hydrogen) atoms. The van der Waals surface area contributed by atoms with Gasteiger partial charge in [-0.05, 0) is 88.3 Å². The molecule has 0 atom stereocenters. The predicted molar refractivity (Wildman–Crippen MR) is 125 cm³/mol. The summed E-state index contributed by atoms with van der Waals surface area (Å²) in [5.41, 5.74) is 20.4. The zero-order chi connectivity index (χ0) is 21.2. The molecule has 4 nitrogen and oxygen atoms in total. The van der Waals surface area contributed by atoms with Crippen LogP contribution in [0.15, 0.2) is 84.9 Å². The van der Waals surface area contributed by atoms with Crippen molar-refractivity contribution in [3.63, 3.8) is 0 Å². The average molecular weight is 409 g/mol. The van der Waals surface area contributed by atoms with Crippen LogP contribution in [0.3, 0.4) is 0 Å². The fourth-order valence-corrected chi connectivity index (χ4v) is 4.04. The first-order chi connectivity index (χ1) is 15.1. The maximum Gasteiger partial charge on any atom is 0.120 e. The summed E-state index contributed by atoms with van der Waals surface area (Å²) in [5.74, 6) is 1.74. The summed E-state index contributed by atoms with van der Waals surface area (Å²) >= 11 is 0. The average Bonchev–Trinajstić information content (AvgIpc) is 3.13. The maximum atomic E-state index is 6.00. The molecule has 4 N–H and O–H groups in total. The Balaban J connectivity index is 1.27. The molecule has 1 aliphatic rings. The minimum absolute atomic E-state index is 0.499. The van der Waals surface area contributed by atoms with E-state index in [1.54, 1.807) is 0 Å². The molecule has 4 aromatic carbocycles. The molecule has 0 unspecified atom stereocenters. The second-order valence-corrected chi connectivity index (χ2v) is 7.88. The van der Waals surface area contributed by atoms with Crippen molar-refractivity contribution in [2.24, 2.45) is 0 Å². The monoisotopic (exact) mass is 408 g/mol. The summed E-state index contributed by atoms with van der Waals surface area (Å²) in [6, 6.07) is 28.2. The standard InChI is InChI=1S/C27H24N2O2/c28-22-5-1-3-18(11-22)16-30-24-7-9-26-20(14-24)13-21-15-25(8-10-27(21)26)31-17-19-4-2-6-23(29)12-19/h1-12,14-15H,13,16-17,28-29H2. The van der Waals surface area contributed by atoms with Gasteiger partial charge in [-0.1, -0.05) is 36.4 Å². The molecule has 0 radical (unpaired) electrons. The van der Waals surface area contributed by atoms with Crippen LogP contribution < -0.4 is 20.9 Å². The van der Waals surface area contributed by atoms with E-state index in [0.717, 1.165) is 40.4 Å². The van der Waals surface area contributed by atoms with E-state index in [1.165, 1.54) is 22.3 Å². The van der Waals surface area contributed by atoms with Crippen LogP contribution in [-0.2, 0) is 19.6 Å². The lowest BCUT2D eigenvalue weighted by Gasteiger charge is -2.09. The van der Waals surface area contributed by atoms with E-state index < -0.39 is 0 Å². The molecule has 0 heterocycles. The summed E-state index contributed by atoms with van der Waals surface area (Å²) in [5, 5.41) is 0. The molecule has 4 heteroatoms. The summed E-state index contributed by atoms with van der Waals surface area (Å²) in [7, 11) is 0. The lowest BCUT2D eigenvalue weighted by atomic mass is 10.1. The molecule has 0 saturated heterocycles. The molecule has 4 aromatic rings. The third-order valence-corrected chi connectivity index (χ3v) is 5.54. The third kappa shape index (κ3) is 4.19. The van der Waals surface area contributed by atoms with Crippen LogP contribution in [0.25, 0.3) is 11.1 Å². The Labute approximate surface area is 182 Å². The number of benzene rings is 4. The fraction of sp³-hybridized carbons (Fsp3) is 0.111. The zero-order valence-corrected chi connectivity index (χ0v) is 17.2. The van der Waals surface area contributed by atoms with Crippen molar-refractivity contribution in [2.75, 3.05) is 11.5 Å². The number of fused-ring (bicyclic) bond motifs is 3. The highest BCUT2D eigenvalue weighted by molar-refractivity contribution is 5.78. The SMILES string of the molecule is Nc1cccc(COc2ccc3c(c2)Cc2cc(OCc4cccc(N)c4)ccc2-3)c1. The van der Waals surface area contributed by atoms with Crippen LogP contribution in [0.1, 0.15) is 22.3 Å². The molecule has 0 aliphatic heterocycles. The first kappa shape index (κ1) is 19.1. The van der Waals surface area contributed by atoms with Gasteiger partial charge in [0.05, 0.1) is 0 Å². The summed E-state index contributed by atoms with van der Waals surface area (Å²) in [6.45, 7) is 0.998. The number of rotatable bonds is 6. The van der Waals surface area contributed by atoms with Crippen molar-refractivity contribution in [3.8, 4) is 22.6 Å². The third-order valence-electron chi connectivity index (χ3n) is 5.54. The number of ether oxygens (including phenoxy) is 2. The zero-order valence-electron chi connectivity index (χ0n) is 17.2. The van der Waals surface area contributed by atoms with Gasteiger partial charge in [0.1, 0.15) is 24.7 Å².